The number of aliphatic hydroxyl groups is 5. The van der Waals surface area contributed by atoms with Gasteiger partial charge >= 0.3 is 0 Å². The minimum Gasteiger partial charge on any atom is -0.394 e. The minimum absolute atomic E-state index is 0.145. The number of hydrogen-bond donors (Lipinski definition) is 11. The van der Waals surface area contributed by atoms with Crippen LogP contribution in [0.5, 0.6) is 0 Å². The number of carbonyl (C=O) groups is 1. The number of nitrogens with one attached hydrogen (secondary N) is 1. The molecule has 0 spiro atoms. The molecule has 0 aromatic heterocycles. The third-order valence-electron chi connectivity index (χ3n) is 8.30. The van der Waals surface area contributed by atoms with E-state index in [1.165, 1.54) is 0 Å². The van der Waals surface area contributed by atoms with E-state index in [1.54, 1.807) is 0 Å². The number of nitrogens with two attached hydrogens (primary N) is 5. The third kappa shape index (κ3) is 8.78. The van der Waals surface area contributed by atoms with Gasteiger partial charge in [-0.15, -0.1) is 0 Å². The van der Waals surface area contributed by atoms with E-state index in [0.29, 0.717) is 25.9 Å². The summed E-state index contributed by atoms with van der Waals surface area (Å²) in [6.07, 6.45) is -11.3. The SMILES string of the molecule is CCCCO[C@@H](CCN)C(=O)NC1[C@H](O[C@H]2OC(CO)[C@@H](O)[C@H](N)C2O)C(O)C(O[C@H]2O[C@H](CN)CCC2N)[C@@H](N)[C@H]1O. The zero-order chi connectivity index (χ0) is 31.8. The van der Waals surface area contributed by atoms with Crippen molar-refractivity contribution in [1.82, 2.24) is 5.32 Å². The number of amides is 1. The Morgan fingerprint density at radius 3 is 2.26 bits per heavy atom. The molecule has 0 radical (unpaired) electrons. The molecular weight excluding hydrogens is 572 g/mol. The summed E-state index contributed by atoms with van der Waals surface area (Å²) in [5, 5.41) is 56.3. The highest BCUT2D eigenvalue weighted by atomic mass is 16.7. The second-order valence-corrected chi connectivity index (χ2v) is 11.5. The Kier molecular flexibility index (Phi) is 14.3. The van der Waals surface area contributed by atoms with Crippen molar-refractivity contribution in [2.75, 3.05) is 26.3 Å². The Morgan fingerprint density at radius 2 is 1.63 bits per heavy atom. The van der Waals surface area contributed by atoms with Crippen LogP contribution in [-0.2, 0) is 28.5 Å². The summed E-state index contributed by atoms with van der Waals surface area (Å²) >= 11 is 0. The van der Waals surface area contributed by atoms with Crippen LogP contribution in [0, 0.1) is 0 Å². The van der Waals surface area contributed by atoms with Crippen molar-refractivity contribution in [3.8, 4) is 0 Å². The Bertz CT molecular complexity index is 849. The Balaban J connectivity index is 1.89. The van der Waals surface area contributed by atoms with Gasteiger partial charge in [0.15, 0.2) is 12.6 Å². The second-order valence-electron chi connectivity index (χ2n) is 11.5. The molecule has 2 saturated heterocycles. The molecule has 3 aliphatic rings. The van der Waals surface area contributed by atoms with Crippen molar-refractivity contribution in [2.24, 2.45) is 28.7 Å². The molecule has 1 aliphatic carbocycles. The molecule has 1 amide bonds. The van der Waals surface area contributed by atoms with Crippen LogP contribution in [0.15, 0.2) is 0 Å². The molecule has 16 N–H and O–H groups in total. The number of unbranched alkanes of at least 4 members (excludes halogenated alkanes) is 1. The van der Waals surface area contributed by atoms with Gasteiger partial charge in [-0.2, -0.15) is 0 Å². The van der Waals surface area contributed by atoms with Crippen molar-refractivity contribution < 1.29 is 54.0 Å². The van der Waals surface area contributed by atoms with Crippen molar-refractivity contribution in [3.05, 3.63) is 0 Å². The number of hydrogen-bond acceptors (Lipinski definition) is 16. The van der Waals surface area contributed by atoms with E-state index >= 15 is 0 Å². The highest BCUT2D eigenvalue weighted by molar-refractivity contribution is 5.81. The molecule has 3 rings (SSSR count). The lowest BCUT2D eigenvalue weighted by Crippen LogP contribution is -2.74. The van der Waals surface area contributed by atoms with E-state index in [4.69, 9.17) is 52.4 Å². The fraction of sp³-hybridized carbons (Fsp3) is 0.962. The van der Waals surface area contributed by atoms with Crippen molar-refractivity contribution in [1.29, 1.82) is 0 Å². The number of carbonyl (C=O) groups excluding carboxylic acids is 1. The molecule has 0 bridgehead atoms. The maximum absolute atomic E-state index is 13.3. The molecule has 0 aromatic rings. The van der Waals surface area contributed by atoms with Gasteiger partial charge in [-0.3, -0.25) is 4.79 Å². The summed E-state index contributed by atoms with van der Waals surface area (Å²) in [6, 6.07) is -4.50. The Labute approximate surface area is 251 Å². The smallest absolute Gasteiger partial charge is 0.249 e. The molecule has 3 fully saturated rings. The Morgan fingerprint density at radius 1 is 0.930 bits per heavy atom. The average Bonchev–Trinajstić information content (AvgIpc) is 3.00. The van der Waals surface area contributed by atoms with E-state index < -0.39 is 98.1 Å². The van der Waals surface area contributed by atoms with Gasteiger partial charge in [0.1, 0.15) is 42.7 Å². The lowest BCUT2D eigenvalue weighted by atomic mass is 9.81. The highest BCUT2D eigenvalue weighted by Crippen LogP contribution is 2.32. The van der Waals surface area contributed by atoms with Gasteiger partial charge in [0.2, 0.25) is 5.91 Å². The van der Waals surface area contributed by atoms with Crippen molar-refractivity contribution in [3.63, 3.8) is 0 Å². The number of aliphatic hydroxyl groups excluding tert-OH is 5. The lowest BCUT2D eigenvalue weighted by molar-refractivity contribution is -0.319. The molecular formula is C26H52N6O11. The van der Waals surface area contributed by atoms with E-state index in [0.717, 1.165) is 6.42 Å². The van der Waals surface area contributed by atoms with Crippen LogP contribution < -0.4 is 34.0 Å². The number of rotatable bonds is 14. The Hall–Kier alpha value is -1.13. The van der Waals surface area contributed by atoms with Gasteiger partial charge < -0.3 is 83.2 Å². The first-order chi connectivity index (χ1) is 20.5. The summed E-state index contributed by atoms with van der Waals surface area (Å²) in [5.74, 6) is -0.633. The van der Waals surface area contributed by atoms with E-state index in [9.17, 15) is 30.3 Å². The molecule has 2 aliphatic heterocycles. The highest BCUT2D eigenvalue weighted by Gasteiger charge is 2.54. The molecule has 2 heterocycles. The van der Waals surface area contributed by atoms with Crippen LogP contribution >= 0.6 is 0 Å². The predicted octanol–water partition coefficient (Wildman–Crippen LogP) is -5.60. The quantitative estimate of drug-likeness (QED) is 0.0802. The zero-order valence-electron chi connectivity index (χ0n) is 24.6. The first-order valence-corrected chi connectivity index (χ1v) is 15.0. The number of ether oxygens (including phenoxy) is 5. The average molecular weight is 625 g/mol. The maximum atomic E-state index is 13.3. The minimum atomic E-state index is -1.64. The second kappa shape index (κ2) is 17.0. The van der Waals surface area contributed by atoms with Crippen LogP contribution in [0.25, 0.3) is 0 Å². The van der Waals surface area contributed by atoms with Gasteiger partial charge in [-0.05, 0) is 32.2 Å². The fourth-order valence-electron chi connectivity index (χ4n) is 5.55. The largest absolute Gasteiger partial charge is 0.394 e. The van der Waals surface area contributed by atoms with Crippen LogP contribution in [0.1, 0.15) is 39.0 Å². The van der Waals surface area contributed by atoms with E-state index in [1.807, 2.05) is 6.92 Å². The lowest BCUT2D eigenvalue weighted by Gasteiger charge is -2.50. The summed E-state index contributed by atoms with van der Waals surface area (Å²) in [5.41, 5.74) is 30.0. The molecule has 252 valence electrons. The van der Waals surface area contributed by atoms with E-state index in [2.05, 4.69) is 5.32 Å². The molecule has 43 heavy (non-hydrogen) atoms. The molecule has 6 unspecified atom stereocenters. The first-order valence-electron chi connectivity index (χ1n) is 15.0. The molecule has 0 aromatic carbocycles. The summed E-state index contributed by atoms with van der Waals surface area (Å²) < 4.78 is 29.1. The van der Waals surface area contributed by atoms with Crippen molar-refractivity contribution >= 4 is 5.91 Å². The third-order valence-corrected chi connectivity index (χ3v) is 8.30. The monoisotopic (exact) mass is 624 g/mol. The van der Waals surface area contributed by atoms with Gasteiger partial charge in [0.25, 0.3) is 0 Å². The standard InChI is InChI=1S/C26H52N6O11/c1-2-3-8-39-13(6-7-27)24(38)32-17-19(35)16(31)22(42-25-12(29)5-4-11(9-28)40-25)21(37)23(17)43-26-20(36)15(30)18(34)14(10-33)41-26/h11-23,25-26,33-37H,2-10,27-31H2,1H3,(H,32,38)/t11-,12?,13-,14?,15-,16-,17?,18+,19+,20?,21?,22?,23-,25+,26+/m0/s1. The van der Waals surface area contributed by atoms with Crippen LogP contribution in [0.3, 0.4) is 0 Å². The molecule has 17 heteroatoms. The van der Waals surface area contributed by atoms with Gasteiger partial charge in [0, 0.05) is 13.2 Å². The van der Waals surface area contributed by atoms with Gasteiger partial charge in [0.05, 0.1) is 43.0 Å². The van der Waals surface area contributed by atoms with E-state index in [-0.39, 0.29) is 25.6 Å². The zero-order valence-corrected chi connectivity index (χ0v) is 24.6. The summed E-state index contributed by atoms with van der Waals surface area (Å²) in [6.45, 7) is 1.98. The normalized spacial score (nSPS) is 42.9. The molecule has 15 atom stereocenters. The fourth-order valence-corrected chi connectivity index (χ4v) is 5.55. The van der Waals surface area contributed by atoms with Crippen molar-refractivity contribution in [2.45, 2.75) is 131 Å². The maximum Gasteiger partial charge on any atom is 0.249 e. The van der Waals surface area contributed by atoms with Crippen LogP contribution in [0.2, 0.25) is 0 Å². The topological polar surface area (TPSA) is 306 Å². The summed E-state index contributed by atoms with van der Waals surface area (Å²) in [4.78, 5) is 13.3. The molecule has 17 nitrogen and oxygen atoms in total. The summed E-state index contributed by atoms with van der Waals surface area (Å²) in [7, 11) is 0. The predicted molar refractivity (Wildman–Crippen MR) is 151 cm³/mol. The first kappa shape index (κ1) is 36.3. The van der Waals surface area contributed by atoms with Crippen LogP contribution in [0.4, 0.5) is 0 Å². The van der Waals surface area contributed by atoms with Gasteiger partial charge in [-0.1, -0.05) is 13.3 Å². The molecule has 1 saturated carbocycles. The van der Waals surface area contributed by atoms with Gasteiger partial charge in [-0.25, -0.2) is 0 Å². The van der Waals surface area contributed by atoms with Crippen LogP contribution in [-0.4, -0.2) is 149 Å².